The van der Waals surface area contributed by atoms with Gasteiger partial charge in [-0.15, -0.1) is 20.4 Å². The lowest BCUT2D eigenvalue weighted by molar-refractivity contribution is -0.0513. The van der Waals surface area contributed by atoms with E-state index < -0.39 is 49.9 Å². The van der Waals surface area contributed by atoms with E-state index >= 15 is 0 Å². The number of hydrogen-bond acceptors (Lipinski definition) is 12. The van der Waals surface area contributed by atoms with Gasteiger partial charge in [0.1, 0.15) is 35.3 Å². The van der Waals surface area contributed by atoms with E-state index in [9.17, 15) is 17.6 Å². The van der Waals surface area contributed by atoms with Gasteiger partial charge in [0, 0.05) is 49.2 Å². The molecule has 4 aliphatic rings. The van der Waals surface area contributed by atoms with E-state index in [1.54, 1.807) is 35.2 Å². The van der Waals surface area contributed by atoms with Crippen molar-refractivity contribution >= 4 is 47.2 Å². The molecular formula is C53H58B2F4N10O6. The minimum absolute atomic E-state index is 0.123. The summed E-state index contributed by atoms with van der Waals surface area (Å²) in [7, 11) is 2.63. The van der Waals surface area contributed by atoms with E-state index in [0.29, 0.717) is 59.6 Å². The van der Waals surface area contributed by atoms with Crippen LogP contribution in [0, 0.1) is 6.92 Å². The van der Waals surface area contributed by atoms with Gasteiger partial charge < -0.3 is 46.4 Å². The molecule has 0 saturated carbocycles. The molecule has 0 amide bonds. The number of aromatic nitrogens is 10. The quantitative estimate of drug-likeness (QED) is 0.0951. The molecular weight excluding hydrogens is 970 g/mol. The number of rotatable bonds is 10. The Morgan fingerprint density at radius 3 is 1.41 bits per heavy atom. The number of hydrogen-bond donors (Lipinski definition) is 0. The Hall–Kier alpha value is -6.61. The topological polar surface area (TPSA) is 152 Å². The highest BCUT2D eigenvalue weighted by Crippen LogP contribution is 2.47. The minimum Gasteiger partial charge on any atom is -0.434 e. The van der Waals surface area contributed by atoms with E-state index in [1.807, 2.05) is 130 Å². The van der Waals surface area contributed by atoms with Crippen molar-refractivity contribution in [1.29, 1.82) is 0 Å². The summed E-state index contributed by atoms with van der Waals surface area (Å²) < 4.78 is 97.1. The Morgan fingerprint density at radius 2 is 1.03 bits per heavy atom. The molecule has 2 saturated heterocycles. The highest BCUT2D eigenvalue weighted by molar-refractivity contribution is 6.62. The van der Waals surface area contributed by atoms with Gasteiger partial charge in [0.05, 0.1) is 56.6 Å². The zero-order chi connectivity index (χ0) is 53.1. The van der Waals surface area contributed by atoms with E-state index in [0.717, 1.165) is 50.5 Å². The van der Waals surface area contributed by atoms with Gasteiger partial charge in [0.25, 0.3) is 0 Å². The molecule has 4 aromatic carbocycles. The Labute approximate surface area is 432 Å². The lowest BCUT2D eigenvalue weighted by atomic mass is 9.79. The smallest absolute Gasteiger partial charge is 0.434 e. The van der Waals surface area contributed by atoms with Crippen LogP contribution >= 0.6 is 0 Å². The van der Waals surface area contributed by atoms with E-state index in [1.165, 1.54) is 0 Å². The van der Waals surface area contributed by atoms with Crippen LogP contribution in [-0.4, -0.2) is 98.5 Å². The van der Waals surface area contributed by atoms with E-state index in [2.05, 4.69) is 29.5 Å². The summed E-state index contributed by atoms with van der Waals surface area (Å²) in [5, 5.41) is 16.8. The minimum atomic E-state index is -2.96. The second-order valence-electron chi connectivity index (χ2n) is 21.7. The van der Waals surface area contributed by atoms with Gasteiger partial charge in [-0.2, -0.15) is 17.6 Å². The first-order chi connectivity index (χ1) is 35.5. The molecule has 390 valence electrons. The van der Waals surface area contributed by atoms with Crippen molar-refractivity contribution in [3.63, 3.8) is 0 Å². The molecule has 75 heavy (non-hydrogen) atoms. The fourth-order valence-electron chi connectivity index (χ4n) is 10.7. The Morgan fingerprint density at radius 1 is 0.587 bits per heavy atom. The van der Waals surface area contributed by atoms with Crippen molar-refractivity contribution in [1.82, 2.24) is 48.6 Å². The highest BCUT2D eigenvalue weighted by atomic mass is 19.3. The Bertz CT molecular complexity index is 3470. The number of fused-ring (bicyclic) bond motifs is 6. The number of nitrogens with zero attached hydrogens (tertiary/aromatic N) is 10. The van der Waals surface area contributed by atoms with Crippen LogP contribution in [0.2, 0.25) is 0 Å². The molecule has 0 unspecified atom stereocenters. The Balaban J connectivity index is 0.000000161. The lowest BCUT2D eigenvalue weighted by Crippen LogP contribution is -2.41. The molecule has 2 fully saturated rings. The van der Waals surface area contributed by atoms with Gasteiger partial charge in [-0.25, -0.2) is 9.97 Å². The first-order valence-corrected chi connectivity index (χ1v) is 25.1. The van der Waals surface area contributed by atoms with Crippen LogP contribution in [0.3, 0.4) is 0 Å². The van der Waals surface area contributed by atoms with Crippen molar-refractivity contribution in [2.24, 2.45) is 14.1 Å². The predicted octanol–water partition coefficient (Wildman–Crippen LogP) is 8.84. The van der Waals surface area contributed by atoms with Crippen molar-refractivity contribution in [2.45, 2.75) is 136 Å². The predicted molar refractivity (Wildman–Crippen MR) is 275 cm³/mol. The fourth-order valence-corrected chi connectivity index (χ4v) is 10.7. The van der Waals surface area contributed by atoms with Crippen LogP contribution < -0.4 is 20.4 Å². The van der Waals surface area contributed by atoms with E-state index in [4.69, 9.17) is 38.1 Å². The summed E-state index contributed by atoms with van der Waals surface area (Å²) in [5.41, 5.74) is 6.00. The fraction of sp³-hybridized carbons (Fsp3) is 0.434. The average molecular weight is 1030 g/mol. The summed E-state index contributed by atoms with van der Waals surface area (Å²) in [6, 6.07) is 21.7. The van der Waals surface area contributed by atoms with E-state index in [-0.39, 0.29) is 23.6 Å². The van der Waals surface area contributed by atoms with Gasteiger partial charge in [-0.3, -0.25) is 0 Å². The molecule has 4 aliphatic heterocycles. The third kappa shape index (κ3) is 8.66. The molecule has 0 spiro atoms. The van der Waals surface area contributed by atoms with Crippen LogP contribution in [0.1, 0.15) is 109 Å². The van der Waals surface area contributed by atoms with Crippen molar-refractivity contribution in [3.8, 4) is 34.3 Å². The molecule has 0 radical (unpaired) electrons. The average Bonchev–Trinajstić information content (AvgIpc) is 4.23. The SMILES string of the molecule is Cc1nnc(-c2cccc(OC(F)F)c2[C@H]2CCc3nc4ccc(B5OC(C)(C)C(C)(C)O5)cc4n32)n1C.Cn1cnnc1-c1cccc(OC(F)F)c1[C@H]1CCc2nc3ccc(B4OC(C)(C)C(C)(C)O4)cc3n21. The molecule has 2 atom stereocenters. The zero-order valence-electron chi connectivity index (χ0n) is 43.7. The van der Waals surface area contributed by atoms with Crippen molar-refractivity contribution in [3.05, 3.63) is 108 Å². The third-order valence-electron chi connectivity index (χ3n) is 16.0. The maximum absolute atomic E-state index is 13.5. The van der Waals surface area contributed by atoms with Gasteiger partial charge >= 0.3 is 27.5 Å². The van der Waals surface area contributed by atoms with Crippen LogP contribution in [0.15, 0.2) is 79.1 Å². The third-order valence-corrected chi connectivity index (χ3v) is 16.0. The molecule has 22 heteroatoms. The molecule has 8 heterocycles. The maximum atomic E-state index is 13.5. The molecule has 16 nitrogen and oxygen atoms in total. The van der Waals surface area contributed by atoms with Gasteiger partial charge in [-0.1, -0.05) is 36.4 Å². The summed E-state index contributed by atoms with van der Waals surface area (Å²) >= 11 is 0. The zero-order valence-corrected chi connectivity index (χ0v) is 43.7. The van der Waals surface area contributed by atoms with Gasteiger partial charge in [0.15, 0.2) is 11.6 Å². The second kappa shape index (κ2) is 18.3. The van der Waals surface area contributed by atoms with Crippen molar-refractivity contribution in [2.75, 3.05) is 0 Å². The molecule has 0 bridgehead atoms. The molecule has 0 N–H and O–H groups in total. The number of alkyl halides is 4. The highest BCUT2D eigenvalue weighted by Gasteiger charge is 2.53. The second-order valence-corrected chi connectivity index (χ2v) is 21.7. The number of aryl methyl sites for hydroxylation is 4. The number of ether oxygens (including phenoxy) is 2. The Kier molecular flexibility index (Phi) is 12.3. The van der Waals surface area contributed by atoms with Crippen LogP contribution in [0.5, 0.6) is 11.5 Å². The molecule has 12 rings (SSSR count). The molecule has 0 aliphatic carbocycles. The van der Waals surface area contributed by atoms with Crippen LogP contribution in [0.25, 0.3) is 44.8 Å². The number of imidazole rings is 2. The summed E-state index contributed by atoms with van der Waals surface area (Å²) in [4.78, 5) is 9.72. The number of benzene rings is 4. The summed E-state index contributed by atoms with van der Waals surface area (Å²) in [6.45, 7) is 12.1. The first kappa shape index (κ1) is 50.5. The van der Waals surface area contributed by atoms with Crippen LogP contribution in [-0.2, 0) is 45.6 Å². The van der Waals surface area contributed by atoms with Gasteiger partial charge in [-0.05, 0) is 122 Å². The normalized spacial score (nSPS) is 20.1. The monoisotopic (exact) mass is 1030 g/mol. The van der Waals surface area contributed by atoms with Crippen molar-refractivity contribution < 1.29 is 45.7 Å². The summed E-state index contributed by atoms with van der Waals surface area (Å²) in [5.74, 6) is 3.92. The number of halogens is 4. The first-order valence-electron chi connectivity index (χ1n) is 25.1. The lowest BCUT2D eigenvalue weighted by Gasteiger charge is -2.32. The summed E-state index contributed by atoms with van der Waals surface area (Å²) in [6.07, 6.45) is 4.36. The van der Waals surface area contributed by atoms with Crippen LogP contribution in [0.4, 0.5) is 17.6 Å². The standard InChI is InChI=1S/C27H30BF2N5O3.C26H28BF2N5O3/c1-15-32-33-24(34(15)6)17-8-7-9-21(36-25(29)30)23(17)19-12-13-22-31-18-11-10-16(14-20(18)35(19)22)28-37-26(2,3)27(4,5)38-28;1-25(2)26(3,4)37-27(36-25)15-9-10-17-19(13-15)34-18(11-12-21(34)31-17)22-16(23-32-30-14-33(23)5)7-6-8-20(22)35-24(28)29/h7-11,14,19,25H,12-13H2,1-6H3;6-10,13-14,18,24H,11-12H2,1-5H3/t19-;18-/m11/s1. The largest absolute Gasteiger partial charge is 0.494 e. The molecule has 8 aromatic rings. The maximum Gasteiger partial charge on any atom is 0.494 e. The van der Waals surface area contributed by atoms with Gasteiger partial charge in [0.2, 0.25) is 0 Å². The molecule has 4 aromatic heterocycles.